The van der Waals surface area contributed by atoms with Crippen molar-refractivity contribution in [3.63, 3.8) is 0 Å². The van der Waals surface area contributed by atoms with Crippen molar-refractivity contribution in [2.24, 2.45) is 5.41 Å². The van der Waals surface area contributed by atoms with E-state index in [1.54, 1.807) is 0 Å². The van der Waals surface area contributed by atoms with E-state index in [1.807, 2.05) is 42.1 Å². The van der Waals surface area contributed by atoms with Gasteiger partial charge in [-0.05, 0) is 42.0 Å². The summed E-state index contributed by atoms with van der Waals surface area (Å²) >= 11 is 5.67. The highest BCUT2D eigenvalue weighted by Crippen LogP contribution is 2.27. The van der Waals surface area contributed by atoms with Gasteiger partial charge in [-0.2, -0.15) is 0 Å². The monoisotopic (exact) mass is 437 g/mol. The molecule has 30 heavy (non-hydrogen) atoms. The molecule has 6 nitrogen and oxygen atoms in total. The number of anilines is 2. The van der Waals surface area contributed by atoms with Gasteiger partial charge < -0.3 is 19.9 Å². The van der Waals surface area contributed by atoms with Crippen molar-refractivity contribution >= 4 is 34.8 Å². The predicted octanol–water partition coefficient (Wildman–Crippen LogP) is 4.26. The van der Waals surface area contributed by atoms with Crippen molar-refractivity contribution in [3.8, 4) is 0 Å². The molecule has 1 aromatic carbocycles. The SMILES string of the molecule is CN(C)c1ccc(NC(=O)CCCl)cc1CN(CC1CCCO1)C(=O)CC(C)(C)C. The van der Waals surface area contributed by atoms with Gasteiger partial charge in [0, 0.05) is 63.9 Å². The lowest BCUT2D eigenvalue weighted by atomic mass is 9.91. The lowest BCUT2D eigenvalue weighted by Gasteiger charge is -2.30. The van der Waals surface area contributed by atoms with Crippen molar-refractivity contribution in [1.82, 2.24) is 4.90 Å². The van der Waals surface area contributed by atoms with Crippen LogP contribution in [-0.4, -0.2) is 55.9 Å². The largest absolute Gasteiger partial charge is 0.377 e. The molecule has 0 spiro atoms. The van der Waals surface area contributed by atoms with Crippen LogP contribution in [0.3, 0.4) is 0 Å². The fourth-order valence-corrected chi connectivity index (χ4v) is 3.77. The van der Waals surface area contributed by atoms with Gasteiger partial charge in [0.15, 0.2) is 0 Å². The van der Waals surface area contributed by atoms with Crippen molar-refractivity contribution in [2.75, 3.05) is 43.3 Å². The lowest BCUT2D eigenvalue weighted by molar-refractivity contribution is -0.135. The molecule has 1 fully saturated rings. The molecule has 1 aliphatic heterocycles. The summed E-state index contributed by atoms with van der Waals surface area (Å²) < 4.78 is 5.81. The van der Waals surface area contributed by atoms with E-state index in [1.165, 1.54) is 0 Å². The van der Waals surface area contributed by atoms with E-state index in [2.05, 4.69) is 26.1 Å². The number of carbonyl (C=O) groups excluding carboxylic acids is 2. The van der Waals surface area contributed by atoms with Gasteiger partial charge in [-0.25, -0.2) is 0 Å². The second-order valence-electron chi connectivity index (χ2n) is 9.37. The molecule has 0 saturated carbocycles. The summed E-state index contributed by atoms with van der Waals surface area (Å²) in [4.78, 5) is 29.1. The number of hydrogen-bond acceptors (Lipinski definition) is 4. The molecule has 1 atom stereocenters. The fourth-order valence-electron chi connectivity index (χ4n) is 3.60. The summed E-state index contributed by atoms with van der Waals surface area (Å²) in [5.41, 5.74) is 2.63. The van der Waals surface area contributed by atoms with Crippen LogP contribution >= 0.6 is 11.6 Å². The van der Waals surface area contributed by atoms with Crippen LogP contribution in [0.4, 0.5) is 11.4 Å². The number of rotatable bonds is 9. The molecule has 1 saturated heterocycles. The minimum atomic E-state index is -0.117. The summed E-state index contributed by atoms with van der Waals surface area (Å²) in [6, 6.07) is 5.81. The number of carbonyl (C=O) groups is 2. The first kappa shape index (κ1) is 24.5. The van der Waals surface area contributed by atoms with Crippen LogP contribution in [0.15, 0.2) is 18.2 Å². The normalized spacial score (nSPS) is 16.4. The Kier molecular flexibility index (Phi) is 8.98. The minimum absolute atomic E-state index is 0.0864. The van der Waals surface area contributed by atoms with Gasteiger partial charge in [-0.15, -0.1) is 11.6 Å². The average Bonchev–Trinajstić information content (AvgIpc) is 3.13. The molecule has 168 valence electrons. The molecule has 1 unspecified atom stereocenters. The van der Waals surface area contributed by atoms with E-state index in [0.29, 0.717) is 25.2 Å². The van der Waals surface area contributed by atoms with Gasteiger partial charge in [0.2, 0.25) is 11.8 Å². The van der Waals surface area contributed by atoms with Crippen LogP contribution in [0.5, 0.6) is 0 Å². The Balaban J connectivity index is 2.27. The molecule has 0 aromatic heterocycles. The molecule has 0 bridgehead atoms. The third-order valence-corrected chi connectivity index (χ3v) is 5.20. The van der Waals surface area contributed by atoms with Crippen molar-refractivity contribution in [1.29, 1.82) is 0 Å². The number of amides is 2. The average molecular weight is 438 g/mol. The molecule has 2 rings (SSSR count). The second kappa shape index (κ2) is 11.0. The quantitative estimate of drug-likeness (QED) is 0.586. The van der Waals surface area contributed by atoms with Gasteiger partial charge in [-0.1, -0.05) is 20.8 Å². The summed E-state index contributed by atoms with van der Waals surface area (Å²) in [6.45, 7) is 8.05. The molecular formula is C23H36ClN3O3. The summed E-state index contributed by atoms with van der Waals surface area (Å²) in [5, 5.41) is 2.89. The third-order valence-electron chi connectivity index (χ3n) is 5.01. The zero-order valence-electron chi connectivity index (χ0n) is 19.0. The fraction of sp³-hybridized carbons (Fsp3) is 0.652. The van der Waals surface area contributed by atoms with E-state index in [-0.39, 0.29) is 35.6 Å². The lowest BCUT2D eigenvalue weighted by Crippen LogP contribution is -2.38. The minimum Gasteiger partial charge on any atom is -0.377 e. The highest BCUT2D eigenvalue weighted by atomic mass is 35.5. The van der Waals surface area contributed by atoms with E-state index < -0.39 is 0 Å². The molecule has 7 heteroatoms. The van der Waals surface area contributed by atoms with Gasteiger partial charge in [0.25, 0.3) is 0 Å². The van der Waals surface area contributed by atoms with Crippen LogP contribution in [0.2, 0.25) is 0 Å². The second-order valence-corrected chi connectivity index (χ2v) is 9.75. The zero-order chi connectivity index (χ0) is 22.3. The van der Waals surface area contributed by atoms with Gasteiger partial charge >= 0.3 is 0 Å². The van der Waals surface area contributed by atoms with Crippen LogP contribution < -0.4 is 10.2 Å². The number of nitrogens with one attached hydrogen (secondary N) is 1. The Morgan fingerprint density at radius 1 is 1.27 bits per heavy atom. The van der Waals surface area contributed by atoms with E-state index in [9.17, 15) is 9.59 Å². The number of alkyl halides is 1. The number of halogens is 1. The molecule has 1 aromatic rings. The number of benzene rings is 1. The summed E-state index contributed by atoms with van der Waals surface area (Å²) in [6.07, 6.45) is 2.85. The topological polar surface area (TPSA) is 61.9 Å². The van der Waals surface area contributed by atoms with Gasteiger partial charge in [0.1, 0.15) is 0 Å². The van der Waals surface area contributed by atoms with Crippen LogP contribution in [-0.2, 0) is 20.9 Å². The highest BCUT2D eigenvalue weighted by molar-refractivity contribution is 6.19. The molecule has 1 N–H and O–H groups in total. The first-order valence-corrected chi connectivity index (χ1v) is 11.2. The Morgan fingerprint density at radius 3 is 2.57 bits per heavy atom. The number of hydrogen-bond donors (Lipinski definition) is 1. The van der Waals surface area contributed by atoms with Crippen LogP contribution in [0, 0.1) is 5.41 Å². The molecule has 0 radical (unpaired) electrons. The Bertz CT molecular complexity index is 725. The predicted molar refractivity (Wildman–Crippen MR) is 123 cm³/mol. The van der Waals surface area contributed by atoms with Gasteiger partial charge in [-0.3, -0.25) is 9.59 Å². The first-order chi connectivity index (χ1) is 14.1. The molecular weight excluding hydrogens is 402 g/mol. The number of ether oxygens (including phenoxy) is 1. The Labute approximate surface area is 185 Å². The highest BCUT2D eigenvalue weighted by Gasteiger charge is 2.26. The van der Waals surface area contributed by atoms with Crippen molar-refractivity contribution in [2.45, 2.75) is 59.1 Å². The van der Waals surface area contributed by atoms with E-state index in [0.717, 1.165) is 30.7 Å². The summed E-state index contributed by atoms with van der Waals surface area (Å²) in [7, 11) is 3.96. The van der Waals surface area contributed by atoms with E-state index >= 15 is 0 Å². The smallest absolute Gasteiger partial charge is 0.225 e. The maximum atomic E-state index is 13.2. The van der Waals surface area contributed by atoms with Crippen molar-refractivity contribution in [3.05, 3.63) is 23.8 Å². The van der Waals surface area contributed by atoms with Crippen molar-refractivity contribution < 1.29 is 14.3 Å². The van der Waals surface area contributed by atoms with Crippen LogP contribution in [0.1, 0.15) is 52.0 Å². The van der Waals surface area contributed by atoms with Gasteiger partial charge in [0.05, 0.1) is 6.10 Å². The maximum absolute atomic E-state index is 13.2. The van der Waals surface area contributed by atoms with Crippen LogP contribution in [0.25, 0.3) is 0 Å². The standard InChI is InChI=1S/C23H36ClN3O3/c1-23(2,3)14-22(29)27(16-19-7-6-12-30-19)15-17-13-18(25-21(28)10-11-24)8-9-20(17)26(4)5/h8-9,13,19H,6-7,10-12,14-16H2,1-5H3,(H,25,28). The first-order valence-electron chi connectivity index (χ1n) is 10.6. The van der Waals surface area contributed by atoms with E-state index in [4.69, 9.17) is 16.3 Å². The maximum Gasteiger partial charge on any atom is 0.225 e. The third kappa shape index (κ3) is 7.80. The number of nitrogens with zero attached hydrogens (tertiary/aromatic N) is 2. The summed E-state index contributed by atoms with van der Waals surface area (Å²) in [5.74, 6) is 0.290. The Hall–Kier alpha value is -1.79. The molecule has 1 aliphatic rings. The molecule has 0 aliphatic carbocycles. The molecule has 2 amide bonds. The molecule has 1 heterocycles. The Morgan fingerprint density at radius 2 is 2.00 bits per heavy atom. The zero-order valence-corrected chi connectivity index (χ0v) is 19.7.